The molecule has 2 aromatic rings. The number of nitrogens with one attached hydrogen (secondary N) is 1. The Bertz CT molecular complexity index is 907. The minimum atomic E-state index is -0.526. The van der Waals surface area contributed by atoms with Gasteiger partial charge in [0.2, 0.25) is 5.91 Å². The first-order valence-corrected chi connectivity index (χ1v) is 9.40. The number of halogens is 1. The average molecular weight is 398 g/mol. The van der Waals surface area contributed by atoms with Crippen LogP contribution in [0.25, 0.3) is 0 Å². The summed E-state index contributed by atoms with van der Waals surface area (Å²) in [4.78, 5) is 45.6. The lowest BCUT2D eigenvalue weighted by atomic mass is 9.93. The lowest BCUT2D eigenvalue weighted by Gasteiger charge is -2.29. The zero-order valence-corrected chi connectivity index (χ0v) is 15.5. The molecule has 1 aliphatic carbocycles. The molecular formula is C20H19FN4O4. The van der Waals surface area contributed by atoms with Gasteiger partial charge in [-0.2, -0.15) is 0 Å². The van der Waals surface area contributed by atoms with E-state index in [1.54, 1.807) is 24.3 Å². The van der Waals surface area contributed by atoms with Gasteiger partial charge in [-0.15, -0.1) is 0 Å². The highest BCUT2D eigenvalue weighted by molar-refractivity contribution is 6.22. The highest BCUT2D eigenvalue weighted by atomic mass is 19.1. The molecule has 0 unspecified atom stereocenters. The Morgan fingerprint density at radius 2 is 1.66 bits per heavy atom. The maximum atomic E-state index is 12.8. The molecule has 0 spiro atoms. The van der Waals surface area contributed by atoms with Crippen molar-refractivity contribution in [3.05, 3.63) is 53.6 Å². The topological polar surface area (TPSA) is 101 Å². The van der Waals surface area contributed by atoms with E-state index >= 15 is 0 Å². The Balaban J connectivity index is 1.26. The molecule has 1 fully saturated rings. The third kappa shape index (κ3) is 4.08. The van der Waals surface area contributed by atoms with Gasteiger partial charge in [-0.25, -0.2) is 14.4 Å². The Labute approximate surface area is 166 Å². The zero-order valence-electron chi connectivity index (χ0n) is 15.5. The predicted molar refractivity (Wildman–Crippen MR) is 98.6 cm³/mol. The molecule has 3 amide bonds. The Kier molecular flexibility index (Phi) is 5.20. The molecule has 4 rings (SSSR count). The number of carbonyl (C=O) groups is 3. The molecule has 0 radical (unpaired) electrons. The first-order chi connectivity index (χ1) is 14.0. The van der Waals surface area contributed by atoms with Crippen molar-refractivity contribution in [1.29, 1.82) is 0 Å². The molecule has 2 aliphatic rings. The van der Waals surface area contributed by atoms with Crippen LogP contribution in [0, 0.1) is 5.82 Å². The Morgan fingerprint density at radius 3 is 2.24 bits per heavy atom. The summed E-state index contributed by atoms with van der Waals surface area (Å²) >= 11 is 0. The number of fused-ring (bicyclic) bond motifs is 1. The van der Waals surface area contributed by atoms with Crippen LogP contribution < -0.4 is 10.1 Å². The summed E-state index contributed by atoms with van der Waals surface area (Å²) in [5, 5.41) is 2.88. The fraction of sp³-hybridized carbons (Fsp3) is 0.350. The minimum Gasteiger partial charge on any atom is -0.460 e. The van der Waals surface area contributed by atoms with E-state index in [2.05, 4.69) is 15.3 Å². The maximum Gasteiger partial charge on any atom is 0.316 e. The molecule has 1 saturated carbocycles. The smallest absolute Gasteiger partial charge is 0.316 e. The molecule has 1 N–H and O–H groups in total. The van der Waals surface area contributed by atoms with Crippen LogP contribution in [0.1, 0.15) is 46.4 Å². The molecule has 1 aromatic carbocycles. The van der Waals surface area contributed by atoms with Crippen LogP contribution in [-0.2, 0) is 4.79 Å². The summed E-state index contributed by atoms with van der Waals surface area (Å²) < 4.78 is 18.5. The number of imide groups is 1. The highest BCUT2D eigenvalue weighted by Crippen LogP contribution is 2.24. The fourth-order valence-electron chi connectivity index (χ4n) is 3.64. The molecule has 1 aliphatic heterocycles. The molecule has 150 valence electrons. The fourth-order valence-corrected chi connectivity index (χ4v) is 3.64. The quantitative estimate of drug-likeness (QED) is 0.770. The normalized spacial score (nSPS) is 21.1. The average Bonchev–Trinajstić information content (AvgIpc) is 2.96. The number of rotatable bonds is 5. The van der Waals surface area contributed by atoms with Crippen molar-refractivity contribution in [2.24, 2.45) is 0 Å². The summed E-state index contributed by atoms with van der Waals surface area (Å²) in [6.45, 7) is -0.299. The van der Waals surface area contributed by atoms with Gasteiger partial charge in [0.05, 0.1) is 23.5 Å². The summed E-state index contributed by atoms with van der Waals surface area (Å²) in [7, 11) is 0. The van der Waals surface area contributed by atoms with Crippen molar-refractivity contribution in [3.8, 4) is 6.01 Å². The number of ether oxygens (including phenoxy) is 1. The van der Waals surface area contributed by atoms with Gasteiger partial charge in [0.1, 0.15) is 12.6 Å². The number of hydrogen-bond acceptors (Lipinski definition) is 6. The molecule has 0 bridgehead atoms. The maximum absolute atomic E-state index is 12.8. The molecule has 1 aromatic heterocycles. The number of amides is 3. The van der Waals surface area contributed by atoms with Crippen LogP contribution in [0.15, 0.2) is 36.7 Å². The highest BCUT2D eigenvalue weighted by Gasteiger charge is 2.36. The van der Waals surface area contributed by atoms with Gasteiger partial charge < -0.3 is 10.1 Å². The SMILES string of the molecule is O=C(CN1C(=O)c2ccccc2C1=O)NC1CCC(Oc2ncc(F)cn2)CC1. The van der Waals surface area contributed by atoms with Gasteiger partial charge >= 0.3 is 6.01 Å². The van der Waals surface area contributed by atoms with Crippen LogP contribution in [0.4, 0.5) is 4.39 Å². The van der Waals surface area contributed by atoms with E-state index in [1.807, 2.05) is 0 Å². The standard InChI is InChI=1S/C20H19FN4O4/c21-12-9-22-20(23-10-12)29-14-7-5-13(6-8-14)24-17(26)11-25-18(27)15-3-1-2-4-16(15)19(25)28/h1-4,9-10,13-14H,5-8,11H2,(H,24,26). The second kappa shape index (κ2) is 7.94. The summed E-state index contributed by atoms with van der Waals surface area (Å²) in [5.41, 5.74) is 0.650. The van der Waals surface area contributed by atoms with E-state index in [4.69, 9.17) is 4.74 Å². The van der Waals surface area contributed by atoms with Gasteiger partial charge in [-0.05, 0) is 37.8 Å². The molecule has 29 heavy (non-hydrogen) atoms. The monoisotopic (exact) mass is 398 g/mol. The lowest BCUT2D eigenvalue weighted by Crippen LogP contribution is -2.45. The molecule has 0 atom stereocenters. The number of aromatic nitrogens is 2. The largest absolute Gasteiger partial charge is 0.460 e. The molecule has 2 heterocycles. The van der Waals surface area contributed by atoms with Crippen LogP contribution in [-0.4, -0.2) is 51.3 Å². The molecule has 9 heteroatoms. The number of hydrogen-bond donors (Lipinski definition) is 1. The van der Waals surface area contributed by atoms with E-state index in [9.17, 15) is 18.8 Å². The Hall–Kier alpha value is -3.36. The number of carbonyl (C=O) groups excluding carboxylic acids is 3. The molecule has 8 nitrogen and oxygen atoms in total. The van der Waals surface area contributed by atoms with Gasteiger partial charge in [0.15, 0.2) is 5.82 Å². The first kappa shape index (κ1) is 19.0. The third-order valence-electron chi connectivity index (χ3n) is 5.09. The minimum absolute atomic E-state index is 0.0633. The van der Waals surface area contributed by atoms with E-state index in [0.29, 0.717) is 36.8 Å². The van der Waals surface area contributed by atoms with Crippen LogP contribution in [0.3, 0.4) is 0 Å². The van der Waals surface area contributed by atoms with Crippen LogP contribution in [0.2, 0.25) is 0 Å². The van der Waals surface area contributed by atoms with Crippen LogP contribution >= 0.6 is 0 Å². The number of benzene rings is 1. The van der Waals surface area contributed by atoms with E-state index in [1.165, 1.54) is 0 Å². The van der Waals surface area contributed by atoms with Crippen molar-refractivity contribution in [2.75, 3.05) is 6.54 Å². The summed E-state index contributed by atoms with van der Waals surface area (Å²) in [6.07, 6.45) is 4.71. The molecule has 0 saturated heterocycles. The Morgan fingerprint density at radius 1 is 1.07 bits per heavy atom. The van der Waals surface area contributed by atoms with Gasteiger partial charge in [-0.1, -0.05) is 12.1 Å². The van der Waals surface area contributed by atoms with Crippen molar-refractivity contribution in [3.63, 3.8) is 0 Å². The summed E-state index contributed by atoms with van der Waals surface area (Å²) in [6, 6.07) is 6.60. The first-order valence-electron chi connectivity index (χ1n) is 9.40. The lowest BCUT2D eigenvalue weighted by molar-refractivity contribution is -0.122. The predicted octanol–water partition coefficient (Wildman–Crippen LogP) is 1.72. The van der Waals surface area contributed by atoms with Crippen molar-refractivity contribution in [2.45, 2.75) is 37.8 Å². The van der Waals surface area contributed by atoms with E-state index in [-0.39, 0.29) is 30.6 Å². The number of nitrogens with zero attached hydrogens (tertiary/aromatic N) is 3. The van der Waals surface area contributed by atoms with Gasteiger partial charge in [0.25, 0.3) is 11.8 Å². The zero-order chi connectivity index (χ0) is 20.4. The third-order valence-corrected chi connectivity index (χ3v) is 5.09. The summed E-state index contributed by atoms with van der Waals surface area (Å²) in [5.74, 6) is -1.79. The van der Waals surface area contributed by atoms with E-state index in [0.717, 1.165) is 17.3 Å². The van der Waals surface area contributed by atoms with Crippen molar-refractivity contribution in [1.82, 2.24) is 20.2 Å². The molecular weight excluding hydrogens is 379 g/mol. The van der Waals surface area contributed by atoms with E-state index < -0.39 is 17.6 Å². The van der Waals surface area contributed by atoms with Gasteiger partial charge in [-0.3, -0.25) is 19.3 Å². The second-order valence-corrected chi connectivity index (χ2v) is 7.08. The van der Waals surface area contributed by atoms with Crippen LogP contribution in [0.5, 0.6) is 6.01 Å². The van der Waals surface area contributed by atoms with Crippen molar-refractivity contribution >= 4 is 17.7 Å². The van der Waals surface area contributed by atoms with Gasteiger partial charge in [0, 0.05) is 6.04 Å². The second-order valence-electron chi connectivity index (χ2n) is 7.08. The van der Waals surface area contributed by atoms with Crippen molar-refractivity contribution < 1.29 is 23.5 Å².